The van der Waals surface area contributed by atoms with Gasteiger partial charge in [-0.15, -0.1) is 0 Å². The maximum atomic E-state index is 12.5. The monoisotopic (exact) mass is 268 g/mol. The summed E-state index contributed by atoms with van der Waals surface area (Å²) in [6, 6.07) is 4.75. The largest absolute Gasteiger partial charge is 0.398 e. The van der Waals surface area contributed by atoms with Crippen molar-refractivity contribution in [3.8, 4) is 0 Å². The number of sulfone groups is 1. The SMILES string of the molecule is Cc1c(N)cccc1S(=O)(=O)C1CCN(C)C1=O. The number of nitrogens with two attached hydrogens (primary N) is 1. The number of nitrogens with zero attached hydrogens (tertiary/aromatic N) is 1. The molecule has 1 atom stereocenters. The Morgan fingerprint density at radius 3 is 2.61 bits per heavy atom. The van der Waals surface area contributed by atoms with Crippen LogP contribution in [0.5, 0.6) is 0 Å². The van der Waals surface area contributed by atoms with Gasteiger partial charge in [0.2, 0.25) is 5.91 Å². The van der Waals surface area contributed by atoms with Crippen LogP contribution in [-0.2, 0) is 14.6 Å². The first kappa shape index (κ1) is 12.9. The molecule has 1 aliphatic heterocycles. The summed E-state index contributed by atoms with van der Waals surface area (Å²) in [5.74, 6) is -0.336. The van der Waals surface area contributed by atoms with Crippen molar-refractivity contribution in [2.45, 2.75) is 23.5 Å². The Morgan fingerprint density at radius 1 is 1.39 bits per heavy atom. The molecule has 0 bridgehead atoms. The highest BCUT2D eigenvalue weighted by atomic mass is 32.2. The number of hydrogen-bond acceptors (Lipinski definition) is 4. The van der Waals surface area contributed by atoms with Crippen LogP contribution in [0.2, 0.25) is 0 Å². The van der Waals surface area contributed by atoms with E-state index in [9.17, 15) is 13.2 Å². The highest BCUT2D eigenvalue weighted by Gasteiger charge is 2.40. The molecule has 6 heteroatoms. The van der Waals surface area contributed by atoms with Gasteiger partial charge < -0.3 is 10.6 Å². The minimum Gasteiger partial charge on any atom is -0.398 e. The Kier molecular flexibility index (Phi) is 3.06. The molecule has 0 radical (unpaired) electrons. The molecule has 0 saturated carbocycles. The second-order valence-corrected chi connectivity index (χ2v) is 6.65. The minimum atomic E-state index is -3.65. The van der Waals surface area contributed by atoms with Gasteiger partial charge in [0.05, 0.1) is 4.90 Å². The van der Waals surface area contributed by atoms with E-state index in [1.54, 1.807) is 26.1 Å². The summed E-state index contributed by atoms with van der Waals surface area (Å²) >= 11 is 0. The Bertz CT molecular complexity index is 595. The second kappa shape index (κ2) is 4.28. The van der Waals surface area contributed by atoms with Gasteiger partial charge in [0.15, 0.2) is 9.84 Å². The zero-order chi connectivity index (χ0) is 13.5. The zero-order valence-electron chi connectivity index (χ0n) is 10.4. The minimum absolute atomic E-state index is 0.163. The van der Waals surface area contributed by atoms with Crippen molar-refractivity contribution >= 4 is 21.4 Å². The predicted octanol–water partition coefficient (Wildman–Crippen LogP) is 0.582. The number of rotatable bonds is 2. The molecule has 0 aliphatic carbocycles. The van der Waals surface area contributed by atoms with Crippen molar-refractivity contribution in [1.82, 2.24) is 4.90 Å². The molecule has 1 heterocycles. The topological polar surface area (TPSA) is 80.5 Å². The number of carbonyl (C=O) groups is 1. The van der Waals surface area contributed by atoms with E-state index in [0.717, 1.165) is 0 Å². The fourth-order valence-corrected chi connectivity index (χ4v) is 4.15. The molecule has 0 aromatic heterocycles. The van der Waals surface area contributed by atoms with Crippen molar-refractivity contribution in [3.63, 3.8) is 0 Å². The van der Waals surface area contributed by atoms with Crippen molar-refractivity contribution in [1.29, 1.82) is 0 Å². The lowest BCUT2D eigenvalue weighted by atomic mass is 10.2. The summed E-state index contributed by atoms with van der Waals surface area (Å²) in [6.07, 6.45) is 0.339. The van der Waals surface area contributed by atoms with E-state index < -0.39 is 15.1 Å². The molecule has 1 aromatic carbocycles. The summed E-state index contributed by atoms with van der Waals surface area (Å²) in [5.41, 5.74) is 6.66. The lowest BCUT2D eigenvalue weighted by molar-refractivity contribution is -0.126. The van der Waals surface area contributed by atoms with Crippen LogP contribution in [0.1, 0.15) is 12.0 Å². The van der Waals surface area contributed by atoms with Crippen LogP contribution in [0.25, 0.3) is 0 Å². The van der Waals surface area contributed by atoms with E-state index in [-0.39, 0.29) is 10.8 Å². The maximum absolute atomic E-state index is 12.5. The molecule has 0 spiro atoms. The standard InChI is InChI=1S/C12H16N2O3S/c1-8-9(13)4-3-5-10(8)18(16,17)11-6-7-14(2)12(11)15/h3-5,11H,6-7,13H2,1-2H3. The van der Waals surface area contributed by atoms with Gasteiger partial charge in [-0.25, -0.2) is 8.42 Å². The van der Waals surface area contributed by atoms with Crippen molar-refractivity contribution in [2.24, 2.45) is 0 Å². The molecule has 18 heavy (non-hydrogen) atoms. The van der Waals surface area contributed by atoms with Crippen LogP contribution in [-0.4, -0.2) is 38.1 Å². The van der Waals surface area contributed by atoms with E-state index in [1.807, 2.05) is 0 Å². The number of benzene rings is 1. The molecule has 1 aromatic rings. The molecule has 2 N–H and O–H groups in total. The maximum Gasteiger partial charge on any atom is 0.241 e. The van der Waals surface area contributed by atoms with E-state index in [0.29, 0.717) is 24.2 Å². The second-order valence-electron chi connectivity index (χ2n) is 4.55. The van der Waals surface area contributed by atoms with Crippen LogP contribution < -0.4 is 5.73 Å². The van der Waals surface area contributed by atoms with E-state index in [2.05, 4.69) is 0 Å². The quantitative estimate of drug-likeness (QED) is 0.796. The highest BCUT2D eigenvalue weighted by Crippen LogP contribution is 2.28. The van der Waals surface area contributed by atoms with Crippen LogP contribution in [0, 0.1) is 6.92 Å². The Hall–Kier alpha value is -1.56. The summed E-state index contributed by atoms with van der Waals surface area (Å²) in [5, 5.41) is -0.969. The number of amides is 1. The van der Waals surface area contributed by atoms with Gasteiger partial charge in [-0.05, 0) is 31.0 Å². The van der Waals surface area contributed by atoms with Crippen LogP contribution >= 0.6 is 0 Å². The smallest absolute Gasteiger partial charge is 0.241 e. The molecular weight excluding hydrogens is 252 g/mol. The molecule has 1 saturated heterocycles. The van der Waals surface area contributed by atoms with Crippen molar-refractivity contribution in [3.05, 3.63) is 23.8 Å². The van der Waals surface area contributed by atoms with Crippen LogP contribution in [0.3, 0.4) is 0 Å². The number of likely N-dealkylation sites (tertiary alicyclic amines) is 1. The molecule has 2 rings (SSSR count). The molecular formula is C12H16N2O3S. The fourth-order valence-electron chi connectivity index (χ4n) is 2.17. The number of hydrogen-bond donors (Lipinski definition) is 1. The Labute approximate surface area is 107 Å². The third kappa shape index (κ3) is 1.86. The number of nitrogen functional groups attached to an aromatic ring is 1. The lowest BCUT2D eigenvalue weighted by Crippen LogP contribution is -2.32. The first-order chi connectivity index (χ1) is 8.35. The average Bonchev–Trinajstić information content (AvgIpc) is 2.64. The van der Waals surface area contributed by atoms with Gasteiger partial charge in [-0.3, -0.25) is 4.79 Å². The van der Waals surface area contributed by atoms with Gasteiger partial charge in [-0.2, -0.15) is 0 Å². The van der Waals surface area contributed by atoms with Crippen molar-refractivity contribution in [2.75, 3.05) is 19.3 Å². The first-order valence-corrected chi connectivity index (χ1v) is 7.24. The Morgan fingerprint density at radius 2 is 2.06 bits per heavy atom. The molecule has 98 valence electrons. The number of carbonyl (C=O) groups excluding carboxylic acids is 1. The van der Waals surface area contributed by atoms with E-state index in [1.165, 1.54) is 11.0 Å². The summed E-state index contributed by atoms with van der Waals surface area (Å²) in [7, 11) is -2.03. The number of anilines is 1. The average molecular weight is 268 g/mol. The van der Waals surface area contributed by atoms with Crippen LogP contribution in [0.4, 0.5) is 5.69 Å². The van der Waals surface area contributed by atoms with Gasteiger partial charge in [0, 0.05) is 19.3 Å². The molecule has 1 unspecified atom stereocenters. The van der Waals surface area contributed by atoms with Gasteiger partial charge >= 0.3 is 0 Å². The third-order valence-electron chi connectivity index (χ3n) is 3.39. The van der Waals surface area contributed by atoms with Gasteiger partial charge in [-0.1, -0.05) is 6.07 Å². The van der Waals surface area contributed by atoms with Crippen LogP contribution in [0.15, 0.2) is 23.1 Å². The summed E-state index contributed by atoms with van der Waals surface area (Å²) < 4.78 is 24.9. The fraction of sp³-hybridized carbons (Fsp3) is 0.417. The molecule has 5 nitrogen and oxygen atoms in total. The lowest BCUT2D eigenvalue weighted by Gasteiger charge is -2.14. The van der Waals surface area contributed by atoms with E-state index in [4.69, 9.17) is 5.73 Å². The summed E-state index contributed by atoms with van der Waals surface area (Å²) in [4.78, 5) is 13.4. The normalized spacial score (nSPS) is 20.4. The highest BCUT2D eigenvalue weighted by molar-refractivity contribution is 7.92. The van der Waals surface area contributed by atoms with Gasteiger partial charge in [0.25, 0.3) is 0 Å². The predicted molar refractivity (Wildman–Crippen MR) is 68.8 cm³/mol. The molecule has 1 amide bonds. The zero-order valence-corrected chi connectivity index (χ0v) is 11.2. The van der Waals surface area contributed by atoms with Gasteiger partial charge in [0.1, 0.15) is 5.25 Å². The molecule has 1 aliphatic rings. The summed E-state index contributed by atoms with van der Waals surface area (Å²) in [6.45, 7) is 2.13. The molecule has 1 fully saturated rings. The first-order valence-electron chi connectivity index (χ1n) is 5.69. The Balaban J connectivity index is 2.50. The van der Waals surface area contributed by atoms with Crippen molar-refractivity contribution < 1.29 is 13.2 Å². The van der Waals surface area contributed by atoms with E-state index >= 15 is 0 Å². The third-order valence-corrected chi connectivity index (χ3v) is 5.63.